The van der Waals surface area contributed by atoms with Gasteiger partial charge in [-0.15, -0.1) is 0 Å². The van der Waals surface area contributed by atoms with Crippen LogP contribution in [0, 0.1) is 0 Å². The Morgan fingerprint density at radius 1 is 1.33 bits per heavy atom. The number of thioether (sulfide) groups is 1. The largest absolute Gasteiger partial charge is 0.463 e. The molecular weight excluding hydrogens is 212 g/mol. The molecule has 0 bridgehead atoms. The van der Waals surface area contributed by atoms with Gasteiger partial charge in [0.05, 0.1) is 0 Å². The number of rotatable bonds is 6. The summed E-state index contributed by atoms with van der Waals surface area (Å²) < 4.78 is 5.05. The lowest BCUT2D eigenvalue weighted by Crippen LogP contribution is -2.19. The van der Waals surface area contributed by atoms with E-state index < -0.39 is 0 Å². The molecule has 0 saturated carbocycles. The highest BCUT2D eigenvalue weighted by Gasteiger charge is 2.16. The van der Waals surface area contributed by atoms with E-state index in [1.807, 2.05) is 6.92 Å². The van der Waals surface area contributed by atoms with Gasteiger partial charge in [0.1, 0.15) is 6.10 Å². The highest BCUT2D eigenvalue weighted by atomic mass is 32.2. The monoisotopic (exact) mass is 232 g/mol. The van der Waals surface area contributed by atoms with Crippen LogP contribution in [0.15, 0.2) is 0 Å². The summed E-state index contributed by atoms with van der Waals surface area (Å²) in [6, 6.07) is 0. The highest BCUT2D eigenvalue weighted by molar-refractivity contribution is 8.14. The third-order valence-corrected chi connectivity index (χ3v) is 3.00. The summed E-state index contributed by atoms with van der Waals surface area (Å²) in [7, 11) is 0. The molecule has 0 heterocycles. The Morgan fingerprint density at radius 3 is 2.33 bits per heavy atom. The molecule has 0 radical (unpaired) electrons. The van der Waals surface area contributed by atoms with E-state index in [2.05, 4.69) is 6.92 Å². The van der Waals surface area contributed by atoms with Crippen LogP contribution in [-0.2, 0) is 14.3 Å². The molecule has 3 nitrogen and oxygen atoms in total. The van der Waals surface area contributed by atoms with Crippen molar-refractivity contribution in [1.29, 1.82) is 0 Å². The maximum atomic E-state index is 11.0. The van der Waals surface area contributed by atoms with Crippen LogP contribution in [0.25, 0.3) is 0 Å². The molecule has 0 saturated heterocycles. The van der Waals surface area contributed by atoms with Gasteiger partial charge in [0.25, 0.3) is 0 Å². The van der Waals surface area contributed by atoms with Crippen molar-refractivity contribution in [1.82, 2.24) is 0 Å². The fourth-order valence-electron chi connectivity index (χ4n) is 1.48. The second-order valence-corrected chi connectivity index (χ2v) is 5.15. The molecule has 88 valence electrons. The van der Waals surface area contributed by atoms with Gasteiger partial charge in [0.15, 0.2) is 5.12 Å². The molecule has 0 N–H and O–H groups in total. The zero-order valence-corrected chi connectivity index (χ0v) is 10.7. The average Bonchev–Trinajstić information content (AvgIpc) is 2.00. The molecule has 0 unspecified atom stereocenters. The Hall–Kier alpha value is -0.510. The van der Waals surface area contributed by atoms with Gasteiger partial charge in [-0.3, -0.25) is 9.59 Å². The van der Waals surface area contributed by atoms with Crippen molar-refractivity contribution in [2.45, 2.75) is 58.3 Å². The van der Waals surface area contributed by atoms with Gasteiger partial charge < -0.3 is 4.74 Å². The molecule has 0 aliphatic heterocycles. The smallest absolute Gasteiger partial charge is 0.302 e. The van der Waals surface area contributed by atoms with E-state index in [0.29, 0.717) is 0 Å². The first-order chi connectivity index (χ1) is 6.95. The average molecular weight is 232 g/mol. The lowest BCUT2D eigenvalue weighted by molar-refractivity contribution is -0.145. The first kappa shape index (κ1) is 14.5. The number of esters is 1. The number of hydrogen-bond donors (Lipinski definition) is 0. The van der Waals surface area contributed by atoms with Gasteiger partial charge in [0.2, 0.25) is 0 Å². The molecule has 0 spiro atoms. The van der Waals surface area contributed by atoms with E-state index in [1.54, 1.807) is 6.92 Å². The normalized spacial score (nSPS) is 14.4. The second-order valence-electron chi connectivity index (χ2n) is 3.68. The third-order valence-electron chi connectivity index (χ3n) is 1.91. The molecule has 0 rings (SSSR count). The molecule has 4 heteroatoms. The molecule has 0 aliphatic carbocycles. The molecule has 15 heavy (non-hydrogen) atoms. The van der Waals surface area contributed by atoms with Crippen LogP contribution in [0.2, 0.25) is 0 Å². The van der Waals surface area contributed by atoms with Crippen molar-refractivity contribution >= 4 is 22.8 Å². The fourth-order valence-corrected chi connectivity index (χ4v) is 2.67. The standard InChI is InChI=1S/C11H20O3S/c1-5-6-11(15-10(4)13)7-8(2)14-9(3)12/h8,11H,5-7H2,1-4H3/t8-,11-/m1/s1. The Morgan fingerprint density at radius 2 is 1.93 bits per heavy atom. The van der Waals surface area contributed by atoms with E-state index in [0.717, 1.165) is 19.3 Å². The molecule has 0 aromatic carbocycles. The number of carbonyl (C=O) groups is 2. The lowest BCUT2D eigenvalue weighted by atomic mass is 10.1. The van der Waals surface area contributed by atoms with Gasteiger partial charge in [-0.2, -0.15) is 0 Å². The van der Waals surface area contributed by atoms with Crippen molar-refractivity contribution in [2.75, 3.05) is 0 Å². The molecular formula is C11H20O3S. The third kappa shape index (κ3) is 8.48. The van der Waals surface area contributed by atoms with E-state index in [9.17, 15) is 9.59 Å². The Labute approximate surface area is 95.9 Å². The van der Waals surface area contributed by atoms with Crippen LogP contribution in [-0.4, -0.2) is 22.4 Å². The van der Waals surface area contributed by atoms with Gasteiger partial charge in [0, 0.05) is 19.1 Å². The molecule has 0 aliphatic rings. The number of carbonyl (C=O) groups excluding carboxylic acids is 2. The predicted molar refractivity (Wildman–Crippen MR) is 62.8 cm³/mol. The van der Waals surface area contributed by atoms with Crippen molar-refractivity contribution in [3.8, 4) is 0 Å². The highest BCUT2D eigenvalue weighted by Crippen LogP contribution is 2.22. The zero-order valence-electron chi connectivity index (χ0n) is 9.91. The van der Waals surface area contributed by atoms with Crippen molar-refractivity contribution in [3.05, 3.63) is 0 Å². The summed E-state index contributed by atoms with van der Waals surface area (Å²) >= 11 is 1.35. The second kappa shape index (κ2) is 7.74. The first-order valence-electron chi connectivity index (χ1n) is 5.30. The summed E-state index contributed by atoms with van der Waals surface area (Å²) in [5.41, 5.74) is 0. The van der Waals surface area contributed by atoms with Crippen molar-refractivity contribution < 1.29 is 14.3 Å². The van der Waals surface area contributed by atoms with Gasteiger partial charge in [-0.05, 0) is 19.8 Å². The van der Waals surface area contributed by atoms with Crippen LogP contribution < -0.4 is 0 Å². The molecule has 0 fully saturated rings. The summed E-state index contributed by atoms with van der Waals surface area (Å²) in [5, 5.41) is 0.394. The Balaban J connectivity index is 4.02. The van der Waals surface area contributed by atoms with E-state index in [1.165, 1.54) is 18.7 Å². The zero-order chi connectivity index (χ0) is 11.8. The molecule has 0 aromatic heterocycles. The topological polar surface area (TPSA) is 43.4 Å². The molecule has 0 aromatic rings. The molecule has 2 atom stereocenters. The molecule has 0 amide bonds. The fraction of sp³-hybridized carbons (Fsp3) is 0.818. The van der Waals surface area contributed by atoms with Gasteiger partial charge in [-0.1, -0.05) is 25.1 Å². The van der Waals surface area contributed by atoms with E-state index in [4.69, 9.17) is 4.74 Å². The quantitative estimate of drug-likeness (QED) is 0.660. The van der Waals surface area contributed by atoms with Crippen LogP contribution in [0.5, 0.6) is 0 Å². The minimum Gasteiger partial charge on any atom is -0.463 e. The van der Waals surface area contributed by atoms with Crippen LogP contribution in [0.1, 0.15) is 47.0 Å². The minimum atomic E-state index is -0.259. The van der Waals surface area contributed by atoms with Crippen molar-refractivity contribution in [3.63, 3.8) is 0 Å². The number of hydrogen-bond acceptors (Lipinski definition) is 4. The maximum Gasteiger partial charge on any atom is 0.302 e. The van der Waals surface area contributed by atoms with Crippen LogP contribution in [0.4, 0.5) is 0 Å². The summed E-state index contributed by atoms with van der Waals surface area (Å²) in [6.07, 6.45) is 2.66. The van der Waals surface area contributed by atoms with Crippen molar-refractivity contribution in [2.24, 2.45) is 0 Å². The Bertz CT molecular complexity index is 216. The van der Waals surface area contributed by atoms with Crippen LogP contribution >= 0.6 is 11.8 Å². The summed E-state index contributed by atoms with van der Waals surface area (Å²) in [4.78, 5) is 21.7. The predicted octanol–water partition coefficient (Wildman–Crippen LogP) is 2.78. The lowest BCUT2D eigenvalue weighted by Gasteiger charge is -2.18. The van der Waals surface area contributed by atoms with E-state index in [-0.39, 0.29) is 22.4 Å². The maximum absolute atomic E-state index is 11.0. The first-order valence-corrected chi connectivity index (χ1v) is 6.18. The van der Waals surface area contributed by atoms with Gasteiger partial charge >= 0.3 is 5.97 Å². The summed E-state index contributed by atoms with van der Waals surface area (Å²) in [5.74, 6) is -0.259. The Kier molecular flexibility index (Phi) is 7.48. The SMILES string of the molecule is CCC[C@H](C[C@@H](C)OC(C)=O)SC(C)=O. The van der Waals surface area contributed by atoms with Crippen LogP contribution in [0.3, 0.4) is 0 Å². The van der Waals surface area contributed by atoms with E-state index >= 15 is 0 Å². The summed E-state index contributed by atoms with van der Waals surface area (Å²) in [6.45, 7) is 6.93. The number of ether oxygens (including phenoxy) is 1. The van der Waals surface area contributed by atoms with Gasteiger partial charge in [-0.25, -0.2) is 0 Å². The minimum absolute atomic E-state index is 0.106.